The molecule has 0 aliphatic heterocycles. The largest absolute Gasteiger partial charge is 0.462 e. The molecule has 0 fully saturated rings. The molecule has 0 rings (SSSR count). The molecular weight excluding hydrogens is 661 g/mol. The molecule has 1 unspecified atom stereocenters. The van der Waals surface area contributed by atoms with E-state index in [1.54, 1.807) is 0 Å². The summed E-state index contributed by atoms with van der Waals surface area (Å²) in [6, 6.07) is 0. The Balaban J connectivity index is 4.22. The minimum absolute atomic E-state index is 0.0694. The van der Waals surface area contributed by atoms with Crippen LogP contribution in [0.25, 0.3) is 0 Å². The molecular formula is C47H88O6. The van der Waals surface area contributed by atoms with Gasteiger partial charge >= 0.3 is 17.9 Å². The molecule has 0 bridgehead atoms. The third-order valence-electron chi connectivity index (χ3n) is 10.3. The molecule has 0 aromatic rings. The van der Waals surface area contributed by atoms with E-state index in [0.29, 0.717) is 19.3 Å². The summed E-state index contributed by atoms with van der Waals surface area (Å²) in [6.07, 6.45) is 44.9. The second-order valence-corrected chi connectivity index (χ2v) is 15.7. The normalized spacial score (nSPS) is 12.0. The van der Waals surface area contributed by atoms with Crippen LogP contribution in [0.5, 0.6) is 0 Å². The van der Waals surface area contributed by atoms with E-state index < -0.39 is 6.10 Å². The number of esters is 3. The Morgan fingerprint density at radius 3 is 1.00 bits per heavy atom. The first-order chi connectivity index (χ1) is 26.0. The van der Waals surface area contributed by atoms with Gasteiger partial charge in [-0.2, -0.15) is 0 Å². The van der Waals surface area contributed by atoms with Crippen molar-refractivity contribution >= 4 is 17.9 Å². The minimum Gasteiger partial charge on any atom is -0.462 e. The Bertz CT molecular complexity index is 824. The zero-order chi connectivity index (χ0) is 38.7. The Morgan fingerprint density at radius 1 is 0.358 bits per heavy atom. The minimum atomic E-state index is -0.764. The lowest BCUT2D eigenvalue weighted by Crippen LogP contribution is -2.30. The number of carbonyl (C=O) groups is 3. The second-order valence-electron chi connectivity index (χ2n) is 15.7. The first-order valence-electron chi connectivity index (χ1n) is 23.2. The van der Waals surface area contributed by atoms with Crippen molar-refractivity contribution in [1.82, 2.24) is 0 Å². The van der Waals surface area contributed by atoms with Gasteiger partial charge in [-0.15, -0.1) is 0 Å². The van der Waals surface area contributed by atoms with Crippen molar-refractivity contribution in [3.05, 3.63) is 12.2 Å². The van der Waals surface area contributed by atoms with E-state index in [1.165, 1.54) is 148 Å². The highest BCUT2D eigenvalue weighted by molar-refractivity contribution is 5.71. The fourth-order valence-electron chi connectivity index (χ4n) is 6.72. The maximum atomic E-state index is 12.7. The van der Waals surface area contributed by atoms with Crippen molar-refractivity contribution in [2.45, 2.75) is 258 Å². The molecule has 1 atom stereocenters. The molecule has 0 heterocycles. The number of allylic oxidation sites excluding steroid dienone is 2. The zero-order valence-electron chi connectivity index (χ0n) is 35.6. The Kier molecular flexibility index (Phi) is 41.4. The van der Waals surface area contributed by atoms with Crippen molar-refractivity contribution in [3.8, 4) is 0 Å². The second kappa shape index (κ2) is 42.9. The smallest absolute Gasteiger partial charge is 0.306 e. The number of carbonyl (C=O) groups excluding carboxylic acids is 3. The van der Waals surface area contributed by atoms with Gasteiger partial charge in [0.2, 0.25) is 0 Å². The predicted octanol–water partition coefficient (Wildman–Crippen LogP) is 14.6. The fourth-order valence-corrected chi connectivity index (χ4v) is 6.72. The van der Waals surface area contributed by atoms with Crippen molar-refractivity contribution in [1.29, 1.82) is 0 Å². The van der Waals surface area contributed by atoms with E-state index in [2.05, 4.69) is 32.9 Å². The van der Waals surface area contributed by atoms with E-state index >= 15 is 0 Å². The SMILES string of the molecule is CCCC/C=C\CCCCCCCC(=O)OC(COC(=O)CCCCCCCCC)COC(=O)CCCCCCCCCCCCCCCCCCC. The van der Waals surface area contributed by atoms with Crippen LogP contribution in [0, 0.1) is 0 Å². The zero-order valence-corrected chi connectivity index (χ0v) is 35.6. The molecule has 53 heavy (non-hydrogen) atoms. The molecule has 0 spiro atoms. The lowest BCUT2D eigenvalue weighted by Gasteiger charge is -2.18. The van der Waals surface area contributed by atoms with Gasteiger partial charge in [0.15, 0.2) is 6.10 Å². The molecule has 6 heteroatoms. The summed E-state index contributed by atoms with van der Waals surface area (Å²) >= 11 is 0. The lowest BCUT2D eigenvalue weighted by molar-refractivity contribution is -0.167. The first kappa shape index (κ1) is 51.1. The first-order valence-corrected chi connectivity index (χ1v) is 23.2. The summed E-state index contributed by atoms with van der Waals surface area (Å²) in [5.74, 6) is -0.877. The fraction of sp³-hybridized carbons (Fsp3) is 0.894. The van der Waals surface area contributed by atoms with Crippen molar-refractivity contribution < 1.29 is 28.6 Å². The average Bonchev–Trinajstić information content (AvgIpc) is 3.15. The van der Waals surface area contributed by atoms with Crippen LogP contribution in [-0.2, 0) is 28.6 Å². The van der Waals surface area contributed by atoms with Crippen LogP contribution in [0.4, 0.5) is 0 Å². The van der Waals surface area contributed by atoms with Gasteiger partial charge in [-0.3, -0.25) is 14.4 Å². The summed E-state index contributed by atoms with van der Waals surface area (Å²) in [5.41, 5.74) is 0. The van der Waals surface area contributed by atoms with E-state index in [9.17, 15) is 14.4 Å². The highest BCUT2D eigenvalue weighted by Crippen LogP contribution is 2.15. The molecule has 0 aromatic carbocycles. The van der Waals surface area contributed by atoms with Crippen LogP contribution >= 0.6 is 0 Å². The van der Waals surface area contributed by atoms with Crippen LogP contribution in [-0.4, -0.2) is 37.2 Å². The summed E-state index contributed by atoms with van der Waals surface area (Å²) in [4.78, 5) is 37.6. The molecule has 0 N–H and O–H groups in total. The van der Waals surface area contributed by atoms with E-state index in [1.807, 2.05) is 0 Å². The third kappa shape index (κ3) is 41.2. The third-order valence-corrected chi connectivity index (χ3v) is 10.3. The maximum Gasteiger partial charge on any atom is 0.306 e. The lowest BCUT2D eigenvalue weighted by atomic mass is 10.0. The van der Waals surface area contributed by atoms with Gasteiger partial charge in [-0.1, -0.05) is 206 Å². The molecule has 0 aromatic heterocycles. The number of rotatable bonds is 42. The number of hydrogen-bond donors (Lipinski definition) is 0. The number of ether oxygens (including phenoxy) is 3. The number of unbranched alkanes of at least 4 members (excludes halogenated alkanes) is 29. The van der Waals surface area contributed by atoms with Gasteiger partial charge in [0.05, 0.1) is 0 Å². The molecule has 0 radical (unpaired) electrons. The van der Waals surface area contributed by atoms with Crippen LogP contribution < -0.4 is 0 Å². The highest BCUT2D eigenvalue weighted by atomic mass is 16.6. The van der Waals surface area contributed by atoms with Gasteiger partial charge in [0.1, 0.15) is 13.2 Å². The summed E-state index contributed by atoms with van der Waals surface area (Å²) in [7, 11) is 0. The topological polar surface area (TPSA) is 78.9 Å². The Hall–Kier alpha value is -1.85. The molecule has 0 aliphatic carbocycles. The Labute approximate surface area is 329 Å². The summed E-state index contributed by atoms with van der Waals surface area (Å²) < 4.78 is 16.6. The van der Waals surface area contributed by atoms with Gasteiger partial charge in [0.25, 0.3) is 0 Å². The molecule has 0 saturated carbocycles. The van der Waals surface area contributed by atoms with E-state index in [4.69, 9.17) is 14.2 Å². The summed E-state index contributed by atoms with van der Waals surface area (Å²) in [5, 5.41) is 0. The Morgan fingerprint density at radius 2 is 0.642 bits per heavy atom. The van der Waals surface area contributed by atoms with Crippen LogP contribution in [0.1, 0.15) is 252 Å². The predicted molar refractivity (Wildman–Crippen MR) is 224 cm³/mol. The van der Waals surface area contributed by atoms with Gasteiger partial charge in [0, 0.05) is 19.3 Å². The molecule has 0 saturated heterocycles. The van der Waals surface area contributed by atoms with Gasteiger partial charge in [-0.25, -0.2) is 0 Å². The van der Waals surface area contributed by atoms with E-state index in [0.717, 1.165) is 64.2 Å². The monoisotopic (exact) mass is 749 g/mol. The molecule has 0 aliphatic rings. The quantitative estimate of drug-likeness (QED) is 0.0268. The van der Waals surface area contributed by atoms with Gasteiger partial charge in [-0.05, 0) is 38.5 Å². The number of hydrogen-bond acceptors (Lipinski definition) is 6. The van der Waals surface area contributed by atoms with Crippen molar-refractivity contribution in [2.75, 3.05) is 13.2 Å². The highest BCUT2D eigenvalue weighted by Gasteiger charge is 2.19. The standard InChI is InChI=1S/C47H88O6/c1-4-7-10-13-16-18-20-21-22-23-24-25-27-28-31-34-37-40-46(49)52-43-44(42-51-45(48)39-36-33-30-15-12-9-6-3)53-47(50)41-38-35-32-29-26-19-17-14-11-8-5-2/h14,17,44H,4-13,15-16,18-43H2,1-3H3/b17-14-. The van der Waals surface area contributed by atoms with Crippen LogP contribution in [0.2, 0.25) is 0 Å². The molecule has 0 amide bonds. The van der Waals surface area contributed by atoms with Crippen LogP contribution in [0.3, 0.4) is 0 Å². The molecule has 312 valence electrons. The van der Waals surface area contributed by atoms with Crippen LogP contribution in [0.15, 0.2) is 12.2 Å². The van der Waals surface area contributed by atoms with E-state index in [-0.39, 0.29) is 31.1 Å². The van der Waals surface area contributed by atoms with Gasteiger partial charge < -0.3 is 14.2 Å². The maximum absolute atomic E-state index is 12.7. The summed E-state index contributed by atoms with van der Waals surface area (Å²) in [6.45, 7) is 6.56. The van der Waals surface area contributed by atoms with Crippen molar-refractivity contribution in [2.24, 2.45) is 0 Å². The average molecular weight is 749 g/mol. The molecule has 6 nitrogen and oxygen atoms in total. The van der Waals surface area contributed by atoms with Crippen molar-refractivity contribution in [3.63, 3.8) is 0 Å².